The first-order valence-electron chi connectivity index (χ1n) is 9.77. The molecule has 2 N–H and O–H groups in total. The fraction of sp³-hybridized carbons (Fsp3) is 0.435. The maximum atomic E-state index is 12.4. The minimum Gasteiger partial charge on any atom is -0.496 e. The first-order valence-corrected chi connectivity index (χ1v) is 9.77. The number of para-hydroxylation sites is 1. The van der Waals surface area contributed by atoms with Crippen molar-refractivity contribution in [2.75, 3.05) is 20.7 Å². The quantitative estimate of drug-likeness (QED) is 0.613. The Bertz CT molecular complexity index is 713. The van der Waals surface area contributed by atoms with Crippen LogP contribution in [0.1, 0.15) is 50.6 Å². The zero-order valence-corrected chi connectivity index (χ0v) is 16.8. The lowest BCUT2D eigenvalue weighted by molar-refractivity contribution is -0.131. The Labute approximate surface area is 163 Å². The van der Waals surface area contributed by atoms with Gasteiger partial charge in [-0.05, 0) is 43.5 Å². The van der Waals surface area contributed by atoms with E-state index in [0.717, 1.165) is 54.7 Å². The first-order chi connectivity index (χ1) is 13.1. The van der Waals surface area contributed by atoms with Gasteiger partial charge in [-0.2, -0.15) is 0 Å². The van der Waals surface area contributed by atoms with Gasteiger partial charge in [-0.1, -0.05) is 55.3 Å². The highest BCUT2D eigenvalue weighted by atomic mass is 16.5. The van der Waals surface area contributed by atoms with Crippen LogP contribution in [0, 0.1) is 0 Å². The molecule has 27 heavy (non-hydrogen) atoms. The fourth-order valence-electron chi connectivity index (χ4n) is 3.21. The van der Waals surface area contributed by atoms with Gasteiger partial charge in [0.25, 0.3) is 0 Å². The molecule has 0 saturated heterocycles. The normalized spacial score (nSPS) is 11.9. The van der Waals surface area contributed by atoms with Crippen molar-refractivity contribution in [3.63, 3.8) is 0 Å². The molecule has 146 valence electrons. The first kappa shape index (κ1) is 21.0. The van der Waals surface area contributed by atoms with Crippen LogP contribution in [-0.2, 0) is 4.79 Å². The van der Waals surface area contributed by atoms with Crippen molar-refractivity contribution in [2.24, 2.45) is 5.73 Å². The Balaban J connectivity index is 1.98. The number of hydrogen-bond donors (Lipinski definition) is 1. The van der Waals surface area contributed by atoms with E-state index < -0.39 is 0 Å². The standard InChI is InChI=1S/C23H32N2O2/c1-18(25(2)23(26)12-6-4-5-9-17-24)19-13-15-20(16-14-19)21-10-7-8-11-22(21)27-3/h7-8,10-11,13-16,18H,4-6,9,12,17,24H2,1-3H3. The molecule has 0 heterocycles. The van der Waals surface area contributed by atoms with Crippen molar-refractivity contribution in [2.45, 2.75) is 45.1 Å². The van der Waals surface area contributed by atoms with E-state index in [-0.39, 0.29) is 11.9 Å². The molecule has 4 nitrogen and oxygen atoms in total. The predicted octanol–water partition coefficient (Wildman–Crippen LogP) is 4.79. The Morgan fingerprint density at radius 3 is 2.37 bits per heavy atom. The molecule has 0 fully saturated rings. The molecule has 1 unspecified atom stereocenters. The van der Waals surface area contributed by atoms with Crippen LogP contribution >= 0.6 is 0 Å². The van der Waals surface area contributed by atoms with Gasteiger partial charge in [0.15, 0.2) is 0 Å². The number of unbranched alkanes of at least 4 members (excludes halogenated alkanes) is 3. The van der Waals surface area contributed by atoms with Crippen LogP contribution in [0.4, 0.5) is 0 Å². The van der Waals surface area contributed by atoms with Gasteiger partial charge in [-0.15, -0.1) is 0 Å². The molecule has 0 aliphatic heterocycles. The summed E-state index contributed by atoms with van der Waals surface area (Å²) in [5.41, 5.74) is 8.82. The maximum absolute atomic E-state index is 12.4. The largest absolute Gasteiger partial charge is 0.496 e. The summed E-state index contributed by atoms with van der Waals surface area (Å²) < 4.78 is 5.45. The summed E-state index contributed by atoms with van der Waals surface area (Å²) >= 11 is 0. The number of amides is 1. The fourth-order valence-corrected chi connectivity index (χ4v) is 3.21. The molecule has 2 aromatic carbocycles. The number of hydrogen-bond acceptors (Lipinski definition) is 3. The molecule has 2 rings (SSSR count). The monoisotopic (exact) mass is 368 g/mol. The van der Waals surface area contributed by atoms with Crippen molar-refractivity contribution in [1.82, 2.24) is 4.90 Å². The van der Waals surface area contributed by atoms with Gasteiger partial charge in [-0.25, -0.2) is 0 Å². The highest BCUT2D eigenvalue weighted by Gasteiger charge is 2.17. The van der Waals surface area contributed by atoms with Crippen molar-refractivity contribution >= 4 is 5.91 Å². The average molecular weight is 369 g/mol. The SMILES string of the molecule is COc1ccccc1-c1ccc(C(C)N(C)C(=O)CCCCCCN)cc1. The number of ether oxygens (including phenoxy) is 1. The minimum absolute atomic E-state index is 0.0493. The molecule has 4 heteroatoms. The van der Waals surface area contributed by atoms with Crippen molar-refractivity contribution in [1.29, 1.82) is 0 Å². The molecule has 0 aromatic heterocycles. The highest BCUT2D eigenvalue weighted by molar-refractivity contribution is 5.76. The van der Waals surface area contributed by atoms with E-state index >= 15 is 0 Å². The van der Waals surface area contributed by atoms with Crippen molar-refractivity contribution in [3.8, 4) is 16.9 Å². The average Bonchev–Trinajstić information content (AvgIpc) is 2.72. The number of carbonyl (C=O) groups is 1. The lowest BCUT2D eigenvalue weighted by atomic mass is 10.00. The molecule has 1 amide bonds. The topological polar surface area (TPSA) is 55.6 Å². The predicted molar refractivity (Wildman–Crippen MR) is 112 cm³/mol. The molecule has 0 radical (unpaired) electrons. The number of nitrogens with zero attached hydrogens (tertiary/aromatic N) is 1. The van der Waals surface area contributed by atoms with E-state index in [4.69, 9.17) is 10.5 Å². The van der Waals surface area contributed by atoms with Gasteiger partial charge in [-0.3, -0.25) is 4.79 Å². The Kier molecular flexibility index (Phi) is 8.34. The van der Waals surface area contributed by atoms with Crippen LogP contribution in [0.3, 0.4) is 0 Å². The summed E-state index contributed by atoms with van der Waals surface area (Å²) in [6, 6.07) is 16.4. The number of carbonyl (C=O) groups excluding carboxylic acids is 1. The maximum Gasteiger partial charge on any atom is 0.222 e. The lowest BCUT2D eigenvalue weighted by Gasteiger charge is -2.25. The zero-order valence-electron chi connectivity index (χ0n) is 16.8. The summed E-state index contributed by atoms with van der Waals surface area (Å²) in [7, 11) is 3.58. The highest BCUT2D eigenvalue weighted by Crippen LogP contribution is 2.31. The van der Waals surface area contributed by atoms with Gasteiger partial charge in [0.2, 0.25) is 5.91 Å². The van der Waals surface area contributed by atoms with E-state index in [1.54, 1.807) is 7.11 Å². The van der Waals surface area contributed by atoms with Crippen LogP contribution in [0.15, 0.2) is 48.5 Å². The Morgan fingerprint density at radius 2 is 1.70 bits per heavy atom. The minimum atomic E-state index is 0.0493. The molecule has 0 aliphatic rings. The van der Waals surface area contributed by atoms with Crippen LogP contribution in [-0.4, -0.2) is 31.5 Å². The van der Waals surface area contributed by atoms with E-state index in [2.05, 4.69) is 37.3 Å². The molecule has 0 aliphatic carbocycles. The third-order valence-electron chi connectivity index (χ3n) is 5.13. The van der Waals surface area contributed by atoms with Crippen LogP contribution in [0.25, 0.3) is 11.1 Å². The molecule has 0 bridgehead atoms. The van der Waals surface area contributed by atoms with Gasteiger partial charge < -0.3 is 15.4 Å². The summed E-state index contributed by atoms with van der Waals surface area (Å²) in [4.78, 5) is 14.3. The summed E-state index contributed by atoms with van der Waals surface area (Å²) in [5, 5.41) is 0. The Morgan fingerprint density at radius 1 is 1.04 bits per heavy atom. The molecule has 2 aromatic rings. The summed E-state index contributed by atoms with van der Waals surface area (Å²) in [6.45, 7) is 2.81. The smallest absolute Gasteiger partial charge is 0.222 e. The lowest BCUT2D eigenvalue weighted by Crippen LogP contribution is -2.29. The van der Waals surface area contributed by atoms with E-state index in [1.165, 1.54) is 0 Å². The van der Waals surface area contributed by atoms with E-state index in [0.29, 0.717) is 6.42 Å². The Hall–Kier alpha value is -2.33. The number of benzene rings is 2. The summed E-state index contributed by atoms with van der Waals surface area (Å²) in [5.74, 6) is 1.06. The number of nitrogens with two attached hydrogens (primary N) is 1. The van der Waals surface area contributed by atoms with Gasteiger partial charge in [0.1, 0.15) is 5.75 Å². The van der Waals surface area contributed by atoms with Gasteiger partial charge in [0, 0.05) is 19.0 Å². The number of methoxy groups -OCH3 is 1. The van der Waals surface area contributed by atoms with Crippen LogP contribution < -0.4 is 10.5 Å². The van der Waals surface area contributed by atoms with Crippen molar-refractivity contribution < 1.29 is 9.53 Å². The van der Waals surface area contributed by atoms with Gasteiger partial charge in [0.05, 0.1) is 13.2 Å². The van der Waals surface area contributed by atoms with E-state index in [9.17, 15) is 4.79 Å². The third kappa shape index (κ3) is 5.83. The second kappa shape index (κ2) is 10.7. The molecular weight excluding hydrogens is 336 g/mol. The van der Waals surface area contributed by atoms with Crippen molar-refractivity contribution in [3.05, 3.63) is 54.1 Å². The van der Waals surface area contributed by atoms with Crippen LogP contribution in [0.2, 0.25) is 0 Å². The summed E-state index contributed by atoms with van der Waals surface area (Å²) in [6.07, 6.45) is 4.75. The molecule has 1 atom stereocenters. The number of rotatable bonds is 10. The van der Waals surface area contributed by atoms with E-state index in [1.807, 2.05) is 30.1 Å². The third-order valence-corrected chi connectivity index (χ3v) is 5.13. The van der Waals surface area contributed by atoms with Crippen LogP contribution in [0.5, 0.6) is 5.75 Å². The molecule has 0 spiro atoms. The second-order valence-corrected chi connectivity index (χ2v) is 6.96. The zero-order chi connectivity index (χ0) is 19.6. The molecule has 0 saturated carbocycles. The van der Waals surface area contributed by atoms with Gasteiger partial charge >= 0.3 is 0 Å². The second-order valence-electron chi connectivity index (χ2n) is 6.96. The molecular formula is C23H32N2O2.